The Balaban J connectivity index is 1.77. The van der Waals surface area contributed by atoms with Crippen LogP contribution < -0.4 is 15.6 Å². The maximum atomic E-state index is 12.1. The van der Waals surface area contributed by atoms with Crippen molar-refractivity contribution in [2.24, 2.45) is 0 Å². The van der Waals surface area contributed by atoms with E-state index in [1.54, 1.807) is 19.1 Å². The Kier molecular flexibility index (Phi) is 5.59. The number of hydrogen-bond donors (Lipinski definition) is 1. The molecule has 0 aliphatic rings. The predicted octanol–water partition coefficient (Wildman–Crippen LogP) is 3.61. The van der Waals surface area contributed by atoms with Gasteiger partial charge >= 0.3 is 0 Å². The number of fused-ring (bicyclic) bond motifs is 1. The second-order valence-electron chi connectivity index (χ2n) is 6.52. The van der Waals surface area contributed by atoms with Crippen LogP contribution in [0.4, 0.5) is 5.69 Å². The molecule has 7 nitrogen and oxygen atoms in total. The lowest BCUT2D eigenvalue weighted by molar-refractivity contribution is -0.116. The molecule has 0 radical (unpaired) electrons. The summed E-state index contributed by atoms with van der Waals surface area (Å²) in [4.78, 5) is 28.5. The lowest BCUT2D eigenvalue weighted by atomic mass is 10.2. The van der Waals surface area contributed by atoms with Crippen LogP contribution in [0.1, 0.15) is 43.2 Å². The van der Waals surface area contributed by atoms with Gasteiger partial charge in [-0.25, -0.2) is 4.98 Å². The van der Waals surface area contributed by atoms with Crippen LogP contribution in [0.2, 0.25) is 0 Å². The number of carbonyl (C=O) groups excluding carboxylic acids is 1. The fraction of sp³-hybridized carbons (Fsp3) is 0.350. The lowest BCUT2D eigenvalue weighted by Gasteiger charge is -2.13. The van der Waals surface area contributed by atoms with Crippen molar-refractivity contribution in [3.05, 3.63) is 57.7 Å². The number of unbranched alkanes of at least 4 members (excludes halogenated alkanes) is 1. The van der Waals surface area contributed by atoms with Gasteiger partial charge in [0.15, 0.2) is 5.65 Å². The van der Waals surface area contributed by atoms with Crippen LogP contribution in [-0.4, -0.2) is 15.5 Å². The number of nitrogens with zero attached hydrogens (tertiary/aromatic N) is 2. The molecule has 3 rings (SSSR count). The Morgan fingerprint density at radius 3 is 2.85 bits per heavy atom. The van der Waals surface area contributed by atoms with Crippen LogP contribution in [0.5, 0.6) is 5.75 Å². The highest BCUT2D eigenvalue weighted by Gasteiger charge is 2.11. The molecule has 2 aromatic heterocycles. The van der Waals surface area contributed by atoms with E-state index in [4.69, 9.17) is 9.26 Å². The van der Waals surface area contributed by atoms with Gasteiger partial charge in [-0.1, -0.05) is 19.4 Å². The van der Waals surface area contributed by atoms with Crippen LogP contribution in [0.15, 0.2) is 39.6 Å². The van der Waals surface area contributed by atoms with Gasteiger partial charge in [0.25, 0.3) is 5.56 Å². The lowest BCUT2D eigenvalue weighted by Crippen LogP contribution is -2.15. The topological polar surface area (TPSA) is 85.8 Å². The fourth-order valence-corrected chi connectivity index (χ4v) is 2.72. The number of benzene rings is 1. The van der Waals surface area contributed by atoms with Crippen molar-refractivity contribution in [3.8, 4) is 5.75 Å². The summed E-state index contributed by atoms with van der Waals surface area (Å²) in [6.07, 6.45) is 2.27. The van der Waals surface area contributed by atoms with Crippen LogP contribution in [-0.2, 0) is 11.4 Å². The van der Waals surface area contributed by atoms with E-state index in [1.165, 1.54) is 6.07 Å². The molecule has 0 aliphatic heterocycles. The Morgan fingerprint density at radius 2 is 2.07 bits per heavy atom. The quantitative estimate of drug-likeness (QED) is 0.687. The molecule has 1 aromatic carbocycles. The van der Waals surface area contributed by atoms with Gasteiger partial charge in [-0.15, -0.1) is 4.57 Å². The first-order valence-electron chi connectivity index (χ1n) is 8.99. The highest BCUT2D eigenvalue weighted by molar-refractivity contribution is 5.92. The van der Waals surface area contributed by atoms with Gasteiger partial charge in [0, 0.05) is 18.6 Å². The van der Waals surface area contributed by atoms with Gasteiger partial charge in [-0.05, 0) is 38.0 Å². The Bertz CT molecular complexity index is 1020. The minimum absolute atomic E-state index is 0.0426. The van der Waals surface area contributed by atoms with Gasteiger partial charge < -0.3 is 14.6 Å². The number of amides is 1. The van der Waals surface area contributed by atoms with Crippen LogP contribution in [0.25, 0.3) is 5.65 Å². The molecule has 0 saturated heterocycles. The first-order chi connectivity index (χ1) is 13.0. The average molecular weight is 369 g/mol. The van der Waals surface area contributed by atoms with E-state index < -0.39 is 0 Å². The second-order valence-corrected chi connectivity index (χ2v) is 6.52. The van der Waals surface area contributed by atoms with Crippen LogP contribution in [0, 0.1) is 13.8 Å². The zero-order valence-corrected chi connectivity index (χ0v) is 15.7. The molecule has 2 heterocycles. The monoisotopic (exact) mass is 369 g/mol. The highest BCUT2D eigenvalue weighted by atomic mass is 16.5. The van der Waals surface area contributed by atoms with Crippen molar-refractivity contribution in [1.82, 2.24) is 9.56 Å². The van der Waals surface area contributed by atoms with E-state index in [9.17, 15) is 9.59 Å². The predicted molar refractivity (Wildman–Crippen MR) is 102 cm³/mol. The molecule has 142 valence electrons. The minimum Gasteiger partial charge on any atom is -0.485 e. The van der Waals surface area contributed by atoms with Crippen LogP contribution >= 0.6 is 0 Å². The summed E-state index contributed by atoms with van der Waals surface area (Å²) >= 11 is 0. The van der Waals surface area contributed by atoms with Crippen molar-refractivity contribution >= 4 is 17.2 Å². The van der Waals surface area contributed by atoms with E-state index in [2.05, 4.69) is 10.3 Å². The molecule has 0 spiro atoms. The first-order valence-corrected chi connectivity index (χ1v) is 8.99. The van der Waals surface area contributed by atoms with E-state index in [-0.39, 0.29) is 18.1 Å². The summed E-state index contributed by atoms with van der Waals surface area (Å²) in [5.74, 6) is 1.10. The molecule has 0 unspecified atom stereocenters. The Morgan fingerprint density at radius 1 is 1.26 bits per heavy atom. The molecule has 0 aliphatic carbocycles. The molecule has 0 fully saturated rings. The number of hydrogen-bond acceptors (Lipinski definition) is 5. The van der Waals surface area contributed by atoms with Crippen molar-refractivity contribution in [3.63, 3.8) is 0 Å². The third-order valence-electron chi connectivity index (χ3n) is 4.07. The van der Waals surface area contributed by atoms with Crippen molar-refractivity contribution in [1.29, 1.82) is 0 Å². The Labute approximate surface area is 156 Å². The van der Waals surface area contributed by atoms with Crippen LogP contribution in [0.3, 0.4) is 0 Å². The number of anilines is 1. The second kappa shape index (κ2) is 8.07. The summed E-state index contributed by atoms with van der Waals surface area (Å²) in [5.41, 5.74) is 2.26. The summed E-state index contributed by atoms with van der Waals surface area (Å²) < 4.78 is 12.3. The number of carbonyl (C=O) groups is 1. The van der Waals surface area contributed by atoms with Crippen molar-refractivity contribution in [2.45, 2.75) is 46.6 Å². The summed E-state index contributed by atoms with van der Waals surface area (Å²) in [7, 11) is 0. The fourth-order valence-electron chi connectivity index (χ4n) is 2.72. The number of ether oxygens (including phenoxy) is 1. The molecular formula is C20H23N3O4. The van der Waals surface area contributed by atoms with E-state index in [1.807, 2.05) is 26.0 Å². The average Bonchev–Trinajstić information content (AvgIpc) is 3.00. The number of nitrogens with one attached hydrogen (secondary N) is 1. The molecular weight excluding hydrogens is 346 g/mol. The Hall–Kier alpha value is -3.09. The summed E-state index contributed by atoms with van der Waals surface area (Å²) in [6, 6.07) is 8.64. The smallest absolute Gasteiger partial charge is 0.287 e. The number of aryl methyl sites for hydroxylation is 2. The van der Waals surface area contributed by atoms with E-state index >= 15 is 0 Å². The summed E-state index contributed by atoms with van der Waals surface area (Å²) in [6.45, 7) is 5.85. The zero-order valence-electron chi connectivity index (χ0n) is 15.7. The van der Waals surface area contributed by atoms with Gasteiger partial charge in [-0.3, -0.25) is 9.59 Å². The molecule has 1 amide bonds. The third kappa shape index (κ3) is 4.55. The third-order valence-corrected chi connectivity index (χ3v) is 4.07. The molecule has 0 atom stereocenters. The molecule has 1 N–H and O–H groups in total. The standard InChI is InChI=1S/C20H23N3O4/c1-4-5-6-19(24)22-16-9-13(2)7-8-17(16)26-12-15-11-20(25)23-18(21-15)10-14(3)27-23/h7-11H,4-6,12H2,1-3H3,(H,22,24). The van der Waals surface area contributed by atoms with Crippen molar-refractivity contribution < 1.29 is 14.1 Å². The van der Waals surface area contributed by atoms with Crippen molar-refractivity contribution in [2.75, 3.05) is 5.32 Å². The first kappa shape index (κ1) is 18.7. The van der Waals surface area contributed by atoms with E-state index in [0.29, 0.717) is 35.0 Å². The minimum atomic E-state index is -0.302. The largest absolute Gasteiger partial charge is 0.485 e. The SMILES string of the molecule is CCCCC(=O)Nc1cc(C)ccc1OCc1cc(=O)n2oc(C)cc2n1. The maximum absolute atomic E-state index is 12.1. The molecule has 0 saturated carbocycles. The maximum Gasteiger partial charge on any atom is 0.287 e. The number of rotatable bonds is 7. The zero-order chi connectivity index (χ0) is 19.4. The van der Waals surface area contributed by atoms with E-state index in [0.717, 1.165) is 23.0 Å². The normalized spacial score (nSPS) is 10.9. The molecule has 7 heteroatoms. The van der Waals surface area contributed by atoms with Gasteiger partial charge in [-0.2, -0.15) is 0 Å². The molecule has 3 aromatic rings. The summed E-state index contributed by atoms with van der Waals surface area (Å²) in [5, 5.41) is 2.90. The van der Waals surface area contributed by atoms with Gasteiger partial charge in [0.2, 0.25) is 5.91 Å². The van der Waals surface area contributed by atoms with Gasteiger partial charge in [0.1, 0.15) is 18.1 Å². The number of aromatic nitrogens is 2. The molecule has 27 heavy (non-hydrogen) atoms. The van der Waals surface area contributed by atoms with Gasteiger partial charge in [0.05, 0.1) is 11.4 Å². The molecule has 0 bridgehead atoms. The highest BCUT2D eigenvalue weighted by Crippen LogP contribution is 2.26.